The van der Waals surface area contributed by atoms with Gasteiger partial charge in [-0.3, -0.25) is 9.59 Å². The van der Waals surface area contributed by atoms with Crippen LogP contribution in [0.1, 0.15) is 39.5 Å². The number of hydrazone groups is 1. The van der Waals surface area contributed by atoms with Crippen LogP contribution in [0.15, 0.2) is 65.8 Å². The molecule has 8 heteroatoms. The molecular weight excluding hydrogens is 446 g/mol. The lowest BCUT2D eigenvalue weighted by Crippen LogP contribution is -2.33. The number of anilines is 1. The van der Waals surface area contributed by atoms with Gasteiger partial charge in [0.1, 0.15) is 0 Å². The van der Waals surface area contributed by atoms with Crippen LogP contribution in [-0.4, -0.2) is 30.6 Å². The molecule has 3 aromatic rings. The van der Waals surface area contributed by atoms with E-state index in [1.54, 1.807) is 49.4 Å². The molecule has 2 N–H and O–H groups in total. The molecule has 8 nitrogen and oxygen atoms in total. The Bertz CT molecular complexity index is 1310. The molecule has 0 aliphatic rings. The van der Waals surface area contributed by atoms with Gasteiger partial charge in [0.2, 0.25) is 0 Å². The molecule has 0 aliphatic heterocycles. The van der Waals surface area contributed by atoms with Crippen LogP contribution in [0.5, 0.6) is 11.5 Å². The highest BCUT2D eigenvalue weighted by Crippen LogP contribution is 2.29. The van der Waals surface area contributed by atoms with Crippen molar-refractivity contribution in [3.8, 4) is 11.5 Å². The number of nitrogens with one attached hydrogen (secondary N) is 2. The summed E-state index contributed by atoms with van der Waals surface area (Å²) in [5.74, 6) is -1.68. The number of aryl methyl sites for hydroxylation is 3. The minimum atomic E-state index is -0.902. The van der Waals surface area contributed by atoms with Gasteiger partial charge in [-0.2, -0.15) is 5.10 Å². The molecule has 180 valence electrons. The molecular formula is C27H27N3O5. The first kappa shape index (κ1) is 25.2. The van der Waals surface area contributed by atoms with Gasteiger partial charge in [0.15, 0.2) is 11.5 Å². The topological polar surface area (TPSA) is 106 Å². The highest BCUT2D eigenvalue weighted by Gasteiger charge is 2.16. The lowest BCUT2D eigenvalue weighted by molar-refractivity contribution is -0.136. The number of rotatable bonds is 6. The molecule has 0 bridgehead atoms. The zero-order chi connectivity index (χ0) is 25.5. The summed E-state index contributed by atoms with van der Waals surface area (Å²) in [5, 5.41) is 6.60. The molecule has 0 fully saturated rings. The molecule has 0 radical (unpaired) electrons. The minimum Gasteiger partial charge on any atom is -0.493 e. The van der Waals surface area contributed by atoms with Gasteiger partial charge in [0, 0.05) is 11.3 Å². The van der Waals surface area contributed by atoms with Gasteiger partial charge in [-0.05, 0) is 75.2 Å². The summed E-state index contributed by atoms with van der Waals surface area (Å²) in [5.41, 5.74) is 7.02. The van der Waals surface area contributed by atoms with Crippen molar-refractivity contribution in [2.45, 2.75) is 27.7 Å². The number of carbonyl (C=O) groups excluding carboxylic acids is 3. The van der Waals surface area contributed by atoms with E-state index in [4.69, 9.17) is 9.47 Å². The molecule has 0 atom stereocenters. The summed E-state index contributed by atoms with van der Waals surface area (Å²) in [7, 11) is 1.45. The normalized spacial score (nSPS) is 10.9. The van der Waals surface area contributed by atoms with Crippen LogP contribution in [-0.2, 0) is 9.59 Å². The summed E-state index contributed by atoms with van der Waals surface area (Å²) in [6, 6.07) is 17.5. The number of hydrogen-bond acceptors (Lipinski definition) is 6. The van der Waals surface area contributed by atoms with E-state index in [1.807, 2.05) is 39.0 Å². The van der Waals surface area contributed by atoms with E-state index in [1.165, 1.54) is 7.11 Å². The Balaban J connectivity index is 1.68. The maximum absolute atomic E-state index is 12.5. The first-order chi connectivity index (χ1) is 16.7. The molecule has 0 aliphatic carbocycles. The highest BCUT2D eigenvalue weighted by molar-refractivity contribution is 6.39. The van der Waals surface area contributed by atoms with Crippen LogP contribution in [0.25, 0.3) is 0 Å². The number of hydrogen-bond donors (Lipinski definition) is 2. The number of amides is 2. The van der Waals surface area contributed by atoms with E-state index in [0.29, 0.717) is 28.3 Å². The van der Waals surface area contributed by atoms with Crippen LogP contribution in [0.2, 0.25) is 0 Å². The first-order valence-corrected chi connectivity index (χ1v) is 10.9. The third-order valence-corrected chi connectivity index (χ3v) is 5.21. The van der Waals surface area contributed by atoms with Crippen LogP contribution < -0.4 is 20.2 Å². The van der Waals surface area contributed by atoms with E-state index in [2.05, 4.69) is 15.8 Å². The minimum absolute atomic E-state index is 0.243. The number of nitrogens with zero attached hydrogens (tertiary/aromatic N) is 1. The maximum Gasteiger partial charge on any atom is 0.343 e. The Morgan fingerprint density at radius 1 is 0.800 bits per heavy atom. The van der Waals surface area contributed by atoms with Gasteiger partial charge in [0.05, 0.1) is 18.4 Å². The lowest BCUT2D eigenvalue weighted by Gasteiger charge is -2.11. The van der Waals surface area contributed by atoms with Crippen molar-refractivity contribution < 1.29 is 23.9 Å². The van der Waals surface area contributed by atoms with Crippen molar-refractivity contribution in [1.82, 2.24) is 5.43 Å². The summed E-state index contributed by atoms with van der Waals surface area (Å²) in [6.07, 6.45) is 0. The molecule has 0 saturated carbocycles. The number of esters is 1. The van der Waals surface area contributed by atoms with Gasteiger partial charge >= 0.3 is 17.8 Å². The fourth-order valence-electron chi connectivity index (χ4n) is 3.21. The zero-order valence-electron chi connectivity index (χ0n) is 20.3. The average molecular weight is 474 g/mol. The lowest BCUT2D eigenvalue weighted by atomic mass is 10.1. The van der Waals surface area contributed by atoms with Gasteiger partial charge in [-0.25, -0.2) is 10.2 Å². The third kappa shape index (κ3) is 6.54. The zero-order valence-corrected chi connectivity index (χ0v) is 20.3. The van der Waals surface area contributed by atoms with Gasteiger partial charge < -0.3 is 14.8 Å². The van der Waals surface area contributed by atoms with Crippen molar-refractivity contribution in [2.75, 3.05) is 12.4 Å². The monoisotopic (exact) mass is 473 g/mol. The summed E-state index contributed by atoms with van der Waals surface area (Å²) in [4.78, 5) is 37.0. The van der Waals surface area contributed by atoms with Crippen molar-refractivity contribution in [1.29, 1.82) is 0 Å². The summed E-state index contributed by atoms with van der Waals surface area (Å²) >= 11 is 0. The smallest absolute Gasteiger partial charge is 0.343 e. The Morgan fingerprint density at radius 3 is 2.26 bits per heavy atom. The quantitative estimate of drug-likeness (QED) is 0.182. The SMILES string of the molecule is COc1cc(/C(C)=N/NC(=O)C(=O)Nc2cc(C)ccc2C)ccc1OC(=O)c1cccc(C)c1. The Hall–Kier alpha value is -4.46. The average Bonchev–Trinajstić information content (AvgIpc) is 2.84. The van der Waals surface area contributed by atoms with E-state index >= 15 is 0 Å². The van der Waals surface area contributed by atoms with Crippen LogP contribution in [0, 0.1) is 20.8 Å². The van der Waals surface area contributed by atoms with E-state index < -0.39 is 17.8 Å². The van der Waals surface area contributed by atoms with Crippen molar-refractivity contribution in [3.05, 3.63) is 88.5 Å². The molecule has 0 saturated heterocycles. The fourth-order valence-corrected chi connectivity index (χ4v) is 3.21. The van der Waals surface area contributed by atoms with Gasteiger partial charge in [-0.1, -0.05) is 29.8 Å². The molecule has 2 amide bonds. The number of methoxy groups -OCH3 is 1. The number of ether oxygens (including phenoxy) is 2. The van der Waals surface area contributed by atoms with E-state index in [9.17, 15) is 14.4 Å². The summed E-state index contributed by atoms with van der Waals surface area (Å²) in [6.45, 7) is 7.28. The second-order valence-corrected chi connectivity index (χ2v) is 8.04. The van der Waals surface area contributed by atoms with Crippen molar-refractivity contribution in [2.24, 2.45) is 5.10 Å². The predicted octanol–water partition coefficient (Wildman–Crippen LogP) is 4.32. The predicted molar refractivity (Wildman–Crippen MR) is 134 cm³/mol. The largest absolute Gasteiger partial charge is 0.493 e. The molecule has 0 spiro atoms. The van der Waals surface area contributed by atoms with Crippen molar-refractivity contribution in [3.63, 3.8) is 0 Å². The highest BCUT2D eigenvalue weighted by atomic mass is 16.6. The number of carbonyl (C=O) groups is 3. The maximum atomic E-state index is 12.5. The molecule has 0 unspecified atom stereocenters. The van der Waals surface area contributed by atoms with E-state index in [-0.39, 0.29) is 5.75 Å². The van der Waals surface area contributed by atoms with E-state index in [0.717, 1.165) is 16.7 Å². The van der Waals surface area contributed by atoms with Gasteiger partial charge in [0.25, 0.3) is 0 Å². The van der Waals surface area contributed by atoms with Crippen LogP contribution in [0.4, 0.5) is 5.69 Å². The number of benzene rings is 3. The first-order valence-electron chi connectivity index (χ1n) is 10.9. The molecule has 3 aromatic carbocycles. The second-order valence-electron chi connectivity index (χ2n) is 8.04. The summed E-state index contributed by atoms with van der Waals surface area (Å²) < 4.78 is 10.9. The third-order valence-electron chi connectivity index (χ3n) is 5.21. The molecule has 0 aromatic heterocycles. The fraction of sp³-hybridized carbons (Fsp3) is 0.185. The Labute approximate surface area is 204 Å². The molecule has 3 rings (SSSR count). The Kier molecular flexibility index (Phi) is 7.99. The van der Waals surface area contributed by atoms with Gasteiger partial charge in [-0.15, -0.1) is 0 Å². The van der Waals surface area contributed by atoms with Crippen molar-refractivity contribution >= 4 is 29.2 Å². The van der Waals surface area contributed by atoms with Crippen LogP contribution >= 0.6 is 0 Å². The van der Waals surface area contributed by atoms with Crippen LogP contribution in [0.3, 0.4) is 0 Å². The second kappa shape index (κ2) is 11.1. The molecule has 0 heterocycles. The standard InChI is InChI=1S/C27H27N3O5/c1-16-7-6-8-21(13-16)27(33)35-23-12-11-20(15-24(23)34-5)19(4)29-30-26(32)25(31)28-22-14-17(2)9-10-18(22)3/h6-15H,1-5H3,(H,28,31)(H,30,32)/b29-19+. The molecule has 35 heavy (non-hydrogen) atoms. The Morgan fingerprint density at radius 2 is 1.54 bits per heavy atom.